The number of benzene rings is 1. The Morgan fingerprint density at radius 1 is 1.06 bits per heavy atom. The molecule has 0 spiro atoms. The summed E-state index contributed by atoms with van der Waals surface area (Å²) in [6.07, 6.45) is 0. The van der Waals surface area contributed by atoms with Crippen LogP contribution in [0.4, 0.5) is 11.6 Å². The van der Waals surface area contributed by atoms with Gasteiger partial charge in [0.15, 0.2) is 5.82 Å². The molecular weight excluding hydrogens is 212 g/mol. The Hall–Kier alpha value is -2.10. The molecule has 0 bridgehead atoms. The van der Waals surface area contributed by atoms with E-state index < -0.39 is 0 Å². The van der Waals surface area contributed by atoms with Gasteiger partial charge in [-0.05, 0) is 6.92 Å². The minimum absolute atomic E-state index is 0.730. The maximum absolute atomic E-state index is 4.48. The molecule has 0 atom stereocenters. The first kappa shape index (κ1) is 11.4. The molecule has 0 aliphatic rings. The predicted octanol–water partition coefficient (Wildman–Crippen LogP) is 2.62. The summed E-state index contributed by atoms with van der Waals surface area (Å²) < 4.78 is 0. The second kappa shape index (κ2) is 5.30. The van der Waals surface area contributed by atoms with Gasteiger partial charge in [-0.15, -0.1) is 0 Å². The predicted molar refractivity (Wildman–Crippen MR) is 71.2 cm³/mol. The molecule has 2 N–H and O–H groups in total. The van der Waals surface area contributed by atoms with E-state index in [1.165, 1.54) is 0 Å². The van der Waals surface area contributed by atoms with Gasteiger partial charge in [-0.3, -0.25) is 0 Å². The zero-order valence-corrected chi connectivity index (χ0v) is 10.1. The van der Waals surface area contributed by atoms with E-state index in [0.717, 1.165) is 29.6 Å². The third-order valence-corrected chi connectivity index (χ3v) is 2.37. The van der Waals surface area contributed by atoms with Crippen molar-refractivity contribution in [2.75, 3.05) is 24.2 Å². The quantitative estimate of drug-likeness (QED) is 0.844. The van der Waals surface area contributed by atoms with Crippen molar-refractivity contribution >= 4 is 11.6 Å². The highest BCUT2D eigenvalue weighted by Gasteiger charge is 2.05. The lowest BCUT2D eigenvalue weighted by atomic mass is 10.2. The molecule has 0 saturated carbocycles. The van der Waals surface area contributed by atoms with Gasteiger partial charge in [0.05, 0.1) is 0 Å². The van der Waals surface area contributed by atoms with Crippen molar-refractivity contribution in [1.82, 2.24) is 9.97 Å². The van der Waals surface area contributed by atoms with Crippen LogP contribution in [-0.4, -0.2) is 23.6 Å². The molecule has 4 nitrogen and oxygen atoms in total. The van der Waals surface area contributed by atoms with Gasteiger partial charge >= 0.3 is 0 Å². The summed E-state index contributed by atoms with van der Waals surface area (Å²) >= 11 is 0. The summed E-state index contributed by atoms with van der Waals surface area (Å²) in [7, 11) is 1.85. The Bertz CT molecular complexity index is 482. The minimum atomic E-state index is 0.730. The van der Waals surface area contributed by atoms with Gasteiger partial charge in [-0.1, -0.05) is 30.3 Å². The third-order valence-electron chi connectivity index (χ3n) is 2.37. The zero-order chi connectivity index (χ0) is 12.1. The van der Waals surface area contributed by atoms with Crippen molar-refractivity contribution in [3.05, 3.63) is 36.4 Å². The summed E-state index contributed by atoms with van der Waals surface area (Å²) in [6.45, 7) is 2.89. The standard InChI is InChI=1S/C13H16N4/c1-3-15-12-9-11(14-2)16-13(17-12)10-7-5-4-6-8-10/h4-9H,3H2,1-2H3,(H2,14,15,16,17). The Morgan fingerprint density at radius 3 is 2.41 bits per heavy atom. The van der Waals surface area contributed by atoms with Crippen LogP contribution in [0, 0.1) is 0 Å². The molecule has 0 unspecified atom stereocenters. The Morgan fingerprint density at radius 2 is 1.76 bits per heavy atom. The van der Waals surface area contributed by atoms with Crippen molar-refractivity contribution in [2.45, 2.75) is 6.92 Å². The molecule has 0 fully saturated rings. The van der Waals surface area contributed by atoms with E-state index in [9.17, 15) is 0 Å². The highest BCUT2D eigenvalue weighted by molar-refractivity contribution is 5.60. The number of nitrogens with one attached hydrogen (secondary N) is 2. The van der Waals surface area contributed by atoms with Crippen molar-refractivity contribution < 1.29 is 0 Å². The monoisotopic (exact) mass is 228 g/mol. The van der Waals surface area contributed by atoms with Crippen LogP contribution in [-0.2, 0) is 0 Å². The van der Waals surface area contributed by atoms with E-state index in [0.29, 0.717) is 0 Å². The fourth-order valence-corrected chi connectivity index (χ4v) is 1.56. The number of rotatable bonds is 4. The van der Waals surface area contributed by atoms with E-state index in [-0.39, 0.29) is 0 Å². The zero-order valence-electron chi connectivity index (χ0n) is 10.1. The summed E-state index contributed by atoms with van der Waals surface area (Å²) in [5.74, 6) is 2.38. The van der Waals surface area contributed by atoms with Crippen molar-refractivity contribution in [3.63, 3.8) is 0 Å². The number of hydrogen-bond donors (Lipinski definition) is 2. The first-order valence-corrected chi connectivity index (χ1v) is 5.69. The maximum Gasteiger partial charge on any atom is 0.163 e. The maximum atomic E-state index is 4.48. The molecule has 0 aliphatic heterocycles. The fraction of sp³-hybridized carbons (Fsp3) is 0.231. The van der Waals surface area contributed by atoms with E-state index in [1.54, 1.807) is 0 Å². The van der Waals surface area contributed by atoms with Crippen LogP contribution in [0.25, 0.3) is 11.4 Å². The molecule has 0 saturated heterocycles. The SMILES string of the molecule is CCNc1cc(NC)nc(-c2ccccc2)n1. The lowest BCUT2D eigenvalue weighted by Crippen LogP contribution is -2.04. The number of anilines is 2. The van der Waals surface area contributed by atoms with Gasteiger partial charge in [-0.2, -0.15) is 0 Å². The average molecular weight is 228 g/mol. The number of aromatic nitrogens is 2. The first-order chi connectivity index (χ1) is 8.33. The van der Waals surface area contributed by atoms with Crippen molar-refractivity contribution in [2.24, 2.45) is 0 Å². The topological polar surface area (TPSA) is 49.8 Å². The van der Waals surface area contributed by atoms with Gasteiger partial charge < -0.3 is 10.6 Å². The normalized spacial score (nSPS) is 10.0. The molecule has 1 heterocycles. The van der Waals surface area contributed by atoms with Crippen LogP contribution in [0.15, 0.2) is 36.4 Å². The molecule has 0 amide bonds. The molecule has 0 radical (unpaired) electrons. The smallest absolute Gasteiger partial charge is 0.163 e. The molecule has 17 heavy (non-hydrogen) atoms. The molecule has 88 valence electrons. The molecule has 1 aromatic heterocycles. The van der Waals surface area contributed by atoms with Gasteiger partial charge in [0.25, 0.3) is 0 Å². The molecule has 4 heteroatoms. The van der Waals surface area contributed by atoms with E-state index in [2.05, 4.69) is 20.6 Å². The summed E-state index contributed by atoms with van der Waals surface area (Å²) in [5.41, 5.74) is 1.02. The lowest BCUT2D eigenvalue weighted by molar-refractivity contribution is 1.11. The Labute approximate surface area is 101 Å². The van der Waals surface area contributed by atoms with Crippen molar-refractivity contribution in [3.8, 4) is 11.4 Å². The second-order valence-electron chi connectivity index (χ2n) is 3.61. The summed E-state index contributed by atoms with van der Waals surface area (Å²) in [6, 6.07) is 11.9. The molecule has 1 aromatic carbocycles. The van der Waals surface area contributed by atoms with Gasteiger partial charge in [0, 0.05) is 25.2 Å². The Kier molecular flexibility index (Phi) is 3.55. The largest absolute Gasteiger partial charge is 0.373 e. The number of hydrogen-bond acceptors (Lipinski definition) is 4. The van der Waals surface area contributed by atoms with Gasteiger partial charge in [-0.25, -0.2) is 9.97 Å². The summed E-state index contributed by atoms with van der Waals surface area (Å²) in [5, 5.41) is 6.25. The van der Waals surface area contributed by atoms with Crippen LogP contribution in [0.3, 0.4) is 0 Å². The van der Waals surface area contributed by atoms with E-state index in [1.807, 2.05) is 50.4 Å². The third kappa shape index (κ3) is 2.72. The summed E-state index contributed by atoms with van der Waals surface area (Å²) in [4.78, 5) is 8.92. The molecular formula is C13H16N4. The fourth-order valence-electron chi connectivity index (χ4n) is 1.56. The number of nitrogens with zero attached hydrogens (tertiary/aromatic N) is 2. The van der Waals surface area contributed by atoms with Crippen molar-refractivity contribution in [1.29, 1.82) is 0 Å². The second-order valence-corrected chi connectivity index (χ2v) is 3.61. The molecule has 2 rings (SSSR count). The van der Waals surface area contributed by atoms with Crippen LogP contribution in [0.1, 0.15) is 6.92 Å². The average Bonchev–Trinajstić information content (AvgIpc) is 2.40. The minimum Gasteiger partial charge on any atom is -0.373 e. The van der Waals surface area contributed by atoms with E-state index >= 15 is 0 Å². The first-order valence-electron chi connectivity index (χ1n) is 5.69. The molecule has 0 aliphatic carbocycles. The van der Waals surface area contributed by atoms with Crippen LogP contribution in [0.2, 0.25) is 0 Å². The highest BCUT2D eigenvalue weighted by atomic mass is 15.1. The van der Waals surface area contributed by atoms with Crippen LogP contribution in [0.5, 0.6) is 0 Å². The van der Waals surface area contributed by atoms with Gasteiger partial charge in [0.1, 0.15) is 11.6 Å². The Balaban J connectivity index is 2.43. The van der Waals surface area contributed by atoms with E-state index in [4.69, 9.17) is 0 Å². The highest BCUT2D eigenvalue weighted by Crippen LogP contribution is 2.19. The lowest BCUT2D eigenvalue weighted by Gasteiger charge is -2.08. The van der Waals surface area contributed by atoms with Crippen LogP contribution < -0.4 is 10.6 Å². The molecule has 2 aromatic rings. The van der Waals surface area contributed by atoms with Gasteiger partial charge in [0.2, 0.25) is 0 Å². The van der Waals surface area contributed by atoms with Crippen LogP contribution >= 0.6 is 0 Å².